The lowest BCUT2D eigenvalue weighted by Gasteiger charge is -2.19. The van der Waals surface area contributed by atoms with Crippen LogP contribution in [0.1, 0.15) is 19.8 Å². The van der Waals surface area contributed by atoms with Gasteiger partial charge in [0.1, 0.15) is 18.8 Å². The predicted molar refractivity (Wildman–Crippen MR) is 151 cm³/mol. The van der Waals surface area contributed by atoms with Crippen LogP contribution >= 0.6 is 12.2 Å². The Morgan fingerprint density at radius 3 is 2.42 bits per heavy atom. The summed E-state index contributed by atoms with van der Waals surface area (Å²) in [6.45, 7) is 0.888. The van der Waals surface area contributed by atoms with Crippen molar-refractivity contribution in [3.8, 4) is 5.75 Å². The van der Waals surface area contributed by atoms with Gasteiger partial charge in [-0.25, -0.2) is 0 Å². The number of allylic oxidation sites excluding steroid dienone is 2. The molecule has 2 aromatic rings. The van der Waals surface area contributed by atoms with Crippen molar-refractivity contribution in [2.45, 2.75) is 19.8 Å². The minimum Gasteiger partial charge on any atom is -0.456 e. The van der Waals surface area contributed by atoms with Crippen molar-refractivity contribution in [2.24, 2.45) is 0 Å². The first-order chi connectivity index (χ1) is 19.0. The summed E-state index contributed by atoms with van der Waals surface area (Å²) >= 11 is 5.57. The molecule has 40 heavy (non-hydrogen) atoms. The molecular formula is C27H27N3O8S2. The molecule has 1 amide bonds. The average molecular weight is 586 g/mol. The molecule has 1 saturated heterocycles. The van der Waals surface area contributed by atoms with Gasteiger partial charge < -0.3 is 19.3 Å². The van der Waals surface area contributed by atoms with Crippen LogP contribution in [0.5, 0.6) is 5.75 Å². The smallest absolute Gasteiger partial charge is 0.326 e. The Balaban J connectivity index is 1.63. The van der Waals surface area contributed by atoms with Crippen LogP contribution in [0.15, 0.2) is 78.3 Å². The Bertz CT molecular complexity index is 1490. The fourth-order valence-corrected chi connectivity index (χ4v) is 5.05. The second-order valence-electron chi connectivity index (χ2n) is 8.98. The van der Waals surface area contributed by atoms with E-state index in [9.17, 15) is 22.8 Å². The van der Waals surface area contributed by atoms with E-state index in [4.69, 9.17) is 26.2 Å². The fraction of sp³-hybridized carbons (Fsp3) is 0.259. The van der Waals surface area contributed by atoms with Crippen LogP contribution < -0.4 is 14.5 Å². The Labute approximate surface area is 237 Å². The van der Waals surface area contributed by atoms with Crippen LogP contribution in [-0.4, -0.2) is 66.1 Å². The maximum atomic E-state index is 13.5. The molecule has 2 heterocycles. The van der Waals surface area contributed by atoms with Crippen molar-refractivity contribution >= 4 is 56.5 Å². The Hall–Kier alpha value is -4.07. The Morgan fingerprint density at radius 1 is 1.02 bits per heavy atom. The zero-order chi connectivity index (χ0) is 28.9. The van der Waals surface area contributed by atoms with E-state index in [1.807, 2.05) is 23.1 Å². The summed E-state index contributed by atoms with van der Waals surface area (Å²) in [6, 6.07) is 16.0. The number of hydrogen-bond acceptors (Lipinski definition) is 9. The highest BCUT2D eigenvalue weighted by atomic mass is 32.2. The first kappa shape index (κ1) is 28.9. The summed E-state index contributed by atoms with van der Waals surface area (Å²) in [7, 11) is -4.07. The quantitative estimate of drug-likeness (QED) is 0.137. The number of carbonyl (C=O) groups excluding carboxylic acids is 3. The fourth-order valence-electron chi connectivity index (χ4n) is 4.13. The lowest BCUT2D eigenvalue weighted by molar-refractivity contribution is -0.147. The summed E-state index contributed by atoms with van der Waals surface area (Å²) in [5.41, 5.74) is 1.36. The van der Waals surface area contributed by atoms with Gasteiger partial charge in [-0.05, 0) is 62.3 Å². The molecule has 0 radical (unpaired) electrons. The van der Waals surface area contributed by atoms with E-state index in [0.29, 0.717) is 30.3 Å². The average Bonchev–Trinajstić information content (AvgIpc) is 3.37. The van der Waals surface area contributed by atoms with Crippen molar-refractivity contribution in [1.29, 1.82) is 0 Å². The second kappa shape index (κ2) is 12.4. The minimum atomic E-state index is -4.07. The van der Waals surface area contributed by atoms with Gasteiger partial charge in [-0.2, -0.15) is 8.42 Å². The van der Waals surface area contributed by atoms with Crippen LogP contribution in [0.25, 0.3) is 0 Å². The number of ether oxygens (including phenoxy) is 2. The first-order valence-electron chi connectivity index (χ1n) is 12.3. The lowest BCUT2D eigenvalue weighted by Crippen LogP contribution is -2.36. The number of thiocarbonyl (C=S) groups is 1. The summed E-state index contributed by atoms with van der Waals surface area (Å²) in [6.07, 6.45) is 3.73. The molecule has 0 aliphatic carbocycles. The van der Waals surface area contributed by atoms with Crippen LogP contribution in [0.4, 0.5) is 11.4 Å². The maximum absolute atomic E-state index is 13.5. The van der Waals surface area contributed by atoms with E-state index in [1.54, 1.807) is 42.5 Å². The summed E-state index contributed by atoms with van der Waals surface area (Å²) in [4.78, 5) is 41.7. The highest BCUT2D eigenvalue weighted by Crippen LogP contribution is 2.39. The topological polar surface area (TPSA) is 134 Å². The third-order valence-electron chi connectivity index (χ3n) is 5.93. The zero-order valence-electron chi connectivity index (χ0n) is 21.6. The normalized spacial score (nSPS) is 17.0. The van der Waals surface area contributed by atoms with Crippen LogP contribution in [-0.2, 0) is 29.2 Å². The van der Waals surface area contributed by atoms with Gasteiger partial charge >= 0.3 is 5.97 Å². The van der Waals surface area contributed by atoms with Gasteiger partial charge in [-0.3, -0.25) is 23.8 Å². The largest absolute Gasteiger partial charge is 0.456 e. The van der Waals surface area contributed by atoms with Gasteiger partial charge in [-0.1, -0.05) is 30.3 Å². The number of nitrogens with zero attached hydrogens (tertiary/aromatic N) is 3. The van der Waals surface area contributed by atoms with E-state index < -0.39 is 35.1 Å². The van der Waals surface area contributed by atoms with Gasteiger partial charge in [-0.15, -0.1) is 0 Å². The van der Waals surface area contributed by atoms with Gasteiger partial charge in [0.2, 0.25) is 5.88 Å². The molecule has 4 rings (SSSR count). The third kappa shape index (κ3) is 6.92. The number of benzene rings is 2. The summed E-state index contributed by atoms with van der Waals surface area (Å²) in [5, 5.41) is 0.0679. The number of amides is 1. The molecule has 0 unspecified atom stereocenters. The van der Waals surface area contributed by atoms with Crippen LogP contribution in [0.2, 0.25) is 0 Å². The maximum Gasteiger partial charge on any atom is 0.326 e. The van der Waals surface area contributed by atoms with Crippen molar-refractivity contribution in [1.82, 2.24) is 4.90 Å². The molecular weight excluding hydrogens is 558 g/mol. The molecule has 0 saturated carbocycles. The molecule has 2 aromatic carbocycles. The van der Waals surface area contributed by atoms with Gasteiger partial charge in [0.05, 0.1) is 17.1 Å². The van der Waals surface area contributed by atoms with Crippen LogP contribution in [0.3, 0.4) is 0 Å². The number of anilines is 2. The van der Waals surface area contributed by atoms with E-state index in [2.05, 4.69) is 0 Å². The molecule has 210 valence electrons. The lowest BCUT2D eigenvalue weighted by atomic mass is 10.2. The van der Waals surface area contributed by atoms with Crippen LogP contribution in [0, 0.1) is 0 Å². The SMILES string of the molecule is CC(=O)COC(=O)CN1C(=S)N(c2ccccc2)C(=O)/C1=C\C=C1/Oc2ccccc2N1CCCCS(=O)(=O)O. The van der Waals surface area contributed by atoms with Gasteiger partial charge in [0.25, 0.3) is 16.0 Å². The molecule has 0 aromatic heterocycles. The molecule has 0 bridgehead atoms. The molecule has 2 aliphatic heterocycles. The number of para-hydroxylation sites is 3. The highest BCUT2D eigenvalue weighted by molar-refractivity contribution is 7.85. The number of ketones is 1. The summed E-state index contributed by atoms with van der Waals surface area (Å²) in [5.74, 6) is -0.939. The van der Waals surface area contributed by atoms with E-state index in [-0.39, 0.29) is 28.8 Å². The molecule has 13 heteroatoms. The number of esters is 1. The molecule has 1 N–H and O–H groups in total. The predicted octanol–water partition coefficient (Wildman–Crippen LogP) is 3.04. The molecule has 11 nitrogen and oxygen atoms in total. The molecule has 0 atom stereocenters. The highest BCUT2D eigenvalue weighted by Gasteiger charge is 2.40. The van der Waals surface area contributed by atoms with Crippen molar-refractivity contribution in [2.75, 3.05) is 35.2 Å². The Kier molecular flexibility index (Phi) is 8.97. The monoisotopic (exact) mass is 585 g/mol. The Morgan fingerprint density at radius 2 is 1.73 bits per heavy atom. The zero-order valence-corrected chi connectivity index (χ0v) is 23.2. The number of rotatable bonds is 11. The number of fused-ring (bicyclic) bond motifs is 1. The second-order valence-corrected chi connectivity index (χ2v) is 10.9. The van der Waals surface area contributed by atoms with Crippen molar-refractivity contribution in [3.05, 3.63) is 78.3 Å². The molecule has 0 spiro atoms. The van der Waals surface area contributed by atoms with Crippen molar-refractivity contribution in [3.63, 3.8) is 0 Å². The van der Waals surface area contributed by atoms with Gasteiger partial charge in [0, 0.05) is 12.6 Å². The van der Waals surface area contributed by atoms with E-state index in [0.717, 1.165) is 5.69 Å². The molecule has 2 aliphatic rings. The van der Waals surface area contributed by atoms with Gasteiger partial charge in [0.15, 0.2) is 16.6 Å². The molecule has 1 fully saturated rings. The minimum absolute atomic E-state index is 0.0679. The van der Waals surface area contributed by atoms with E-state index in [1.165, 1.54) is 22.8 Å². The van der Waals surface area contributed by atoms with Crippen molar-refractivity contribution < 1.29 is 36.8 Å². The number of hydrogen-bond donors (Lipinski definition) is 1. The first-order valence-corrected chi connectivity index (χ1v) is 14.3. The number of unbranched alkanes of at least 4 members (excludes halogenated alkanes) is 1. The third-order valence-corrected chi connectivity index (χ3v) is 7.14. The number of Topliss-reactive ketones (excluding diaryl/α,β-unsaturated/α-hetero) is 1. The standard InChI is InChI=1S/C27H27N3O8S2/c1-19(31)18-37-25(32)17-29-22(26(33)30(27(29)39)20-9-3-2-4-10-20)13-14-24-28(15-7-8-16-40(34,35)36)21-11-5-6-12-23(21)38-24/h2-6,9-14H,7-8,15-18H2,1H3,(H,34,35,36)/b22-13+,24-14-. The number of carbonyl (C=O) groups is 3. The van der Waals surface area contributed by atoms with E-state index >= 15 is 0 Å². The summed E-state index contributed by atoms with van der Waals surface area (Å²) < 4.78 is 42.2.